The van der Waals surface area contributed by atoms with Gasteiger partial charge in [0.05, 0.1) is 0 Å². The molecule has 3 N–H and O–H groups in total. The van der Waals surface area contributed by atoms with Crippen molar-refractivity contribution >= 4 is 5.91 Å². The van der Waals surface area contributed by atoms with Gasteiger partial charge in [-0.15, -0.1) is 0 Å². The topological polar surface area (TPSA) is 55.1 Å². The lowest BCUT2D eigenvalue weighted by Crippen LogP contribution is -2.44. The summed E-state index contributed by atoms with van der Waals surface area (Å²) in [6.07, 6.45) is 8.41. The number of nitrogens with one attached hydrogen (secondary N) is 1. The summed E-state index contributed by atoms with van der Waals surface area (Å²) in [5.74, 6) is 1.01. The standard InChI is InChI=1S/C11H18N2O/c12-7-10(8-5-6-8)13-11(14)9-3-1-2-4-9/h1-2,8-10H,3-7,12H2,(H,13,14). The van der Waals surface area contributed by atoms with Gasteiger partial charge in [0.1, 0.15) is 0 Å². The van der Waals surface area contributed by atoms with Crippen molar-refractivity contribution in [1.82, 2.24) is 5.32 Å². The van der Waals surface area contributed by atoms with Gasteiger partial charge >= 0.3 is 0 Å². The summed E-state index contributed by atoms with van der Waals surface area (Å²) in [5.41, 5.74) is 5.63. The number of rotatable bonds is 4. The van der Waals surface area contributed by atoms with Crippen LogP contribution in [0, 0.1) is 11.8 Å². The van der Waals surface area contributed by atoms with Crippen LogP contribution in [-0.4, -0.2) is 18.5 Å². The molecule has 1 atom stereocenters. The minimum Gasteiger partial charge on any atom is -0.352 e. The maximum atomic E-state index is 11.7. The summed E-state index contributed by atoms with van der Waals surface area (Å²) in [6.45, 7) is 0.580. The van der Waals surface area contributed by atoms with Gasteiger partial charge in [-0.2, -0.15) is 0 Å². The number of nitrogens with two attached hydrogens (primary N) is 1. The third-order valence-electron chi connectivity index (χ3n) is 3.15. The molecule has 0 aromatic carbocycles. The molecule has 0 bridgehead atoms. The van der Waals surface area contributed by atoms with E-state index in [2.05, 4.69) is 17.5 Å². The molecule has 0 aromatic heterocycles. The van der Waals surface area contributed by atoms with Gasteiger partial charge in [0.15, 0.2) is 0 Å². The van der Waals surface area contributed by atoms with Crippen LogP contribution in [-0.2, 0) is 4.79 Å². The highest BCUT2D eigenvalue weighted by atomic mass is 16.1. The third kappa shape index (κ3) is 2.15. The van der Waals surface area contributed by atoms with Crippen LogP contribution in [0.3, 0.4) is 0 Å². The summed E-state index contributed by atoms with van der Waals surface area (Å²) in [6, 6.07) is 0.225. The Labute approximate surface area is 84.7 Å². The van der Waals surface area contributed by atoms with Gasteiger partial charge in [-0.25, -0.2) is 0 Å². The van der Waals surface area contributed by atoms with E-state index in [1.807, 2.05) is 0 Å². The van der Waals surface area contributed by atoms with Gasteiger partial charge < -0.3 is 11.1 Å². The van der Waals surface area contributed by atoms with Crippen molar-refractivity contribution in [2.75, 3.05) is 6.54 Å². The maximum Gasteiger partial charge on any atom is 0.224 e. The maximum absolute atomic E-state index is 11.7. The molecule has 0 spiro atoms. The molecule has 0 saturated heterocycles. The Hall–Kier alpha value is -0.830. The Morgan fingerprint density at radius 2 is 2.07 bits per heavy atom. The molecule has 0 aromatic rings. The third-order valence-corrected chi connectivity index (χ3v) is 3.15. The fraction of sp³-hybridized carbons (Fsp3) is 0.727. The van der Waals surface area contributed by atoms with Gasteiger partial charge in [-0.1, -0.05) is 12.2 Å². The van der Waals surface area contributed by atoms with Crippen LogP contribution in [0.1, 0.15) is 25.7 Å². The molecule has 2 aliphatic carbocycles. The Kier molecular flexibility index (Phi) is 2.87. The highest BCUT2D eigenvalue weighted by Crippen LogP contribution is 2.32. The van der Waals surface area contributed by atoms with Crippen molar-refractivity contribution in [1.29, 1.82) is 0 Å². The van der Waals surface area contributed by atoms with Crippen molar-refractivity contribution in [3.63, 3.8) is 0 Å². The molecule has 1 saturated carbocycles. The first-order valence-electron chi connectivity index (χ1n) is 5.46. The first-order chi connectivity index (χ1) is 6.81. The van der Waals surface area contributed by atoms with Crippen LogP contribution in [0.5, 0.6) is 0 Å². The van der Waals surface area contributed by atoms with Crippen molar-refractivity contribution in [3.05, 3.63) is 12.2 Å². The second-order valence-electron chi connectivity index (χ2n) is 4.33. The normalized spacial score (nSPS) is 23.8. The van der Waals surface area contributed by atoms with Crippen LogP contribution < -0.4 is 11.1 Å². The van der Waals surface area contributed by atoms with Gasteiger partial charge in [-0.3, -0.25) is 4.79 Å². The number of amides is 1. The van der Waals surface area contributed by atoms with Crippen molar-refractivity contribution in [2.24, 2.45) is 17.6 Å². The van der Waals surface area contributed by atoms with Crippen LogP contribution in [0.15, 0.2) is 12.2 Å². The zero-order chi connectivity index (χ0) is 9.97. The zero-order valence-corrected chi connectivity index (χ0v) is 8.41. The van der Waals surface area contributed by atoms with Gasteiger partial charge in [0, 0.05) is 18.5 Å². The minimum absolute atomic E-state index is 0.169. The minimum atomic E-state index is 0.169. The van der Waals surface area contributed by atoms with Gasteiger partial charge in [0.25, 0.3) is 0 Å². The molecule has 1 fully saturated rings. The van der Waals surface area contributed by atoms with E-state index in [1.54, 1.807) is 0 Å². The number of hydrogen-bond acceptors (Lipinski definition) is 2. The van der Waals surface area contributed by atoms with Gasteiger partial charge in [-0.05, 0) is 31.6 Å². The van der Waals surface area contributed by atoms with Crippen LogP contribution >= 0.6 is 0 Å². The Morgan fingerprint density at radius 3 is 2.57 bits per heavy atom. The summed E-state index contributed by atoms with van der Waals surface area (Å²) >= 11 is 0. The van der Waals surface area contributed by atoms with E-state index < -0.39 is 0 Å². The molecule has 14 heavy (non-hydrogen) atoms. The Morgan fingerprint density at radius 1 is 1.43 bits per heavy atom. The zero-order valence-electron chi connectivity index (χ0n) is 8.41. The van der Waals surface area contributed by atoms with E-state index >= 15 is 0 Å². The molecule has 2 aliphatic rings. The van der Waals surface area contributed by atoms with E-state index in [0.29, 0.717) is 12.5 Å². The Balaban J connectivity index is 1.79. The molecule has 0 aliphatic heterocycles. The average molecular weight is 194 g/mol. The van der Waals surface area contributed by atoms with Crippen molar-refractivity contribution in [2.45, 2.75) is 31.7 Å². The molecular weight excluding hydrogens is 176 g/mol. The molecule has 3 heteroatoms. The molecule has 1 amide bonds. The summed E-state index contributed by atoms with van der Waals surface area (Å²) in [5, 5.41) is 3.07. The molecule has 0 radical (unpaired) electrons. The number of carbonyl (C=O) groups is 1. The van der Waals surface area contributed by atoms with E-state index in [0.717, 1.165) is 12.8 Å². The van der Waals surface area contributed by atoms with E-state index in [1.165, 1.54) is 12.8 Å². The lowest BCUT2D eigenvalue weighted by atomic mass is 10.1. The van der Waals surface area contributed by atoms with Crippen molar-refractivity contribution < 1.29 is 4.79 Å². The van der Waals surface area contributed by atoms with Crippen molar-refractivity contribution in [3.8, 4) is 0 Å². The SMILES string of the molecule is NCC(NC(=O)C1CC=CC1)C1CC1. The fourth-order valence-electron chi connectivity index (χ4n) is 2.00. The highest BCUT2D eigenvalue weighted by molar-refractivity contribution is 5.79. The lowest BCUT2D eigenvalue weighted by Gasteiger charge is -2.18. The predicted molar refractivity (Wildman–Crippen MR) is 55.6 cm³/mol. The highest BCUT2D eigenvalue weighted by Gasteiger charge is 2.32. The second-order valence-corrected chi connectivity index (χ2v) is 4.33. The predicted octanol–water partition coefficient (Wildman–Crippen LogP) is 0.806. The van der Waals surface area contributed by atoms with Gasteiger partial charge in [0.2, 0.25) is 5.91 Å². The number of carbonyl (C=O) groups excluding carboxylic acids is 1. The number of allylic oxidation sites excluding steroid dienone is 2. The largest absolute Gasteiger partial charge is 0.352 e. The first kappa shape index (κ1) is 9.71. The molecule has 1 unspecified atom stereocenters. The molecular formula is C11H18N2O. The second kappa shape index (κ2) is 4.13. The fourth-order valence-corrected chi connectivity index (χ4v) is 2.00. The molecule has 3 nitrogen and oxygen atoms in total. The van der Waals surface area contributed by atoms with Crippen LogP contribution in [0.25, 0.3) is 0 Å². The first-order valence-corrected chi connectivity index (χ1v) is 5.46. The lowest BCUT2D eigenvalue weighted by molar-refractivity contribution is -0.125. The van der Waals surface area contributed by atoms with Crippen LogP contribution in [0.4, 0.5) is 0 Å². The monoisotopic (exact) mass is 194 g/mol. The summed E-state index contributed by atoms with van der Waals surface area (Å²) in [4.78, 5) is 11.7. The van der Waals surface area contributed by atoms with E-state index in [9.17, 15) is 4.79 Å². The molecule has 0 heterocycles. The Bertz CT molecular complexity index is 238. The van der Waals surface area contributed by atoms with E-state index in [-0.39, 0.29) is 17.9 Å². The number of hydrogen-bond donors (Lipinski definition) is 2. The van der Waals surface area contributed by atoms with E-state index in [4.69, 9.17) is 5.73 Å². The smallest absolute Gasteiger partial charge is 0.224 e. The quantitative estimate of drug-likeness (QED) is 0.651. The summed E-state index contributed by atoms with van der Waals surface area (Å²) < 4.78 is 0. The molecule has 2 rings (SSSR count). The average Bonchev–Trinajstić information content (AvgIpc) is 2.88. The molecule has 78 valence electrons. The summed E-state index contributed by atoms with van der Waals surface area (Å²) in [7, 11) is 0. The van der Waals surface area contributed by atoms with Crippen LogP contribution in [0.2, 0.25) is 0 Å².